The topological polar surface area (TPSA) is 75.6 Å². The number of aryl methyl sites for hydroxylation is 1. The lowest BCUT2D eigenvalue weighted by molar-refractivity contribution is 0.0940. The lowest BCUT2D eigenvalue weighted by Gasteiger charge is -2.21. The van der Waals surface area contributed by atoms with Crippen molar-refractivity contribution in [2.24, 2.45) is 12.5 Å². The van der Waals surface area contributed by atoms with Crippen LogP contribution >= 0.6 is 0 Å². The van der Waals surface area contributed by atoms with Crippen LogP contribution in [0.25, 0.3) is 11.6 Å². The van der Waals surface area contributed by atoms with Crippen LogP contribution in [0.1, 0.15) is 30.0 Å². The number of aromatic nitrogens is 4. The molecule has 6 heteroatoms. The summed E-state index contributed by atoms with van der Waals surface area (Å²) in [4.78, 5) is 23.9. The monoisotopic (exact) mass is 259 g/mol. The fraction of sp³-hybridized carbons (Fsp3) is 0.462. The van der Waals surface area contributed by atoms with Crippen molar-refractivity contribution in [2.45, 2.75) is 20.3 Å². The summed E-state index contributed by atoms with van der Waals surface area (Å²) in [7, 11) is 1.90. The first kappa shape index (κ1) is 12.0. The van der Waals surface area contributed by atoms with Gasteiger partial charge in [-0.15, -0.1) is 0 Å². The molecular formula is C13H17N5O. The summed E-state index contributed by atoms with van der Waals surface area (Å²) in [6.07, 6.45) is 4.36. The molecule has 0 saturated carbocycles. The molecule has 2 N–H and O–H groups in total. The number of aromatic amines is 1. The predicted octanol–water partition coefficient (Wildman–Crippen LogP) is 1.12. The van der Waals surface area contributed by atoms with Crippen LogP contribution in [0.15, 0.2) is 12.4 Å². The number of hydrogen-bond donors (Lipinski definition) is 2. The minimum Gasteiger partial charge on any atom is -0.350 e. The lowest BCUT2D eigenvalue weighted by atomic mass is 9.88. The molecule has 0 saturated heterocycles. The van der Waals surface area contributed by atoms with Gasteiger partial charge in [-0.1, -0.05) is 13.8 Å². The Morgan fingerprint density at radius 1 is 1.42 bits per heavy atom. The van der Waals surface area contributed by atoms with Gasteiger partial charge in [0.15, 0.2) is 11.6 Å². The number of carbonyl (C=O) groups excluding carboxylic acids is 1. The first-order valence-corrected chi connectivity index (χ1v) is 6.31. The van der Waals surface area contributed by atoms with E-state index in [0.717, 1.165) is 17.9 Å². The van der Waals surface area contributed by atoms with Crippen LogP contribution in [0.4, 0.5) is 0 Å². The average molecular weight is 259 g/mol. The molecule has 6 nitrogen and oxygen atoms in total. The van der Waals surface area contributed by atoms with E-state index in [1.54, 1.807) is 6.20 Å². The summed E-state index contributed by atoms with van der Waals surface area (Å²) in [6, 6.07) is 0. The molecule has 3 heterocycles. The number of carbonyl (C=O) groups is 1. The Morgan fingerprint density at radius 3 is 2.89 bits per heavy atom. The summed E-state index contributed by atoms with van der Waals surface area (Å²) in [5, 5.41) is 2.92. The fourth-order valence-electron chi connectivity index (χ4n) is 2.37. The molecular weight excluding hydrogens is 242 g/mol. The maximum atomic E-state index is 12.0. The Hall–Kier alpha value is -2.11. The number of nitrogens with zero attached hydrogens (tertiary/aromatic N) is 3. The summed E-state index contributed by atoms with van der Waals surface area (Å²) < 4.78 is 1.88. The molecule has 0 spiro atoms. The van der Waals surface area contributed by atoms with Crippen LogP contribution in [0, 0.1) is 5.41 Å². The Kier molecular flexibility index (Phi) is 2.48. The summed E-state index contributed by atoms with van der Waals surface area (Å²) >= 11 is 0. The molecule has 1 aliphatic heterocycles. The van der Waals surface area contributed by atoms with Crippen LogP contribution in [-0.4, -0.2) is 32.0 Å². The molecule has 2 aromatic rings. The van der Waals surface area contributed by atoms with Gasteiger partial charge in [0.25, 0.3) is 5.91 Å². The summed E-state index contributed by atoms with van der Waals surface area (Å²) in [6.45, 7) is 4.92. The number of imidazole rings is 2. The van der Waals surface area contributed by atoms with E-state index in [1.165, 1.54) is 0 Å². The highest BCUT2D eigenvalue weighted by Crippen LogP contribution is 2.26. The maximum absolute atomic E-state index is 12.0. The van der Waals surface area contributed by atoms with Gasteiger partial charge >= 0.3 is 0 Å². The number of fused-ring (bicyclic) bond motifs is 1. The predicted molar refractivity (Wildman–Crippen MR) is 70.6 cm³/mol. The van der Waals surface area contributed by atoms with E-state index in [-0.39, 0.29) is 11.3 Å². The van der Waals surface area contributed by atoms with E-state index in [4.69, 9.17) is 0 Å². The normalized spacial score (nSPS) is 17.7. The smallest absolute Gasteiger partial charge is 0.271 e. The van der Waals surface area contributed by atoms with E-state index >= 15 is 0 Å². The molecule has 0 bridgehead atoms. The molecule has 0 unspecified atom stereocenters. The zero-order valence-corrected chi connectivity index (χ0v) is 11.3. The molecule has 0 fully saturated rings. The highest BCUT2D eigenvalue weighted by molar-refractivity contribution is 5.94. The second-order valence-electron chi connectivity index (χ2n) is 5.80. The van der Waals surface area contributed by atoms with Gasteiger partial charge in [0.05, 0.1) is 0 Å². The zero-order chi connectivity index (χ0) is 13.6. The number of nitrogens with one attached hydrogen (secondary N) is 2. The van der Waals surface area contributed by atoms with Crippen molar-refractivity contribution in [3.63, 3.8) is 0 Å². The standard InChI is InChI=1S/C13H17N5O/c1-13(2)6-8-9(12(19)15-7-13)17-10(16-8)11-14-4-5-18(11)3/h4-5H,6-7H2,1-3H3,(H,15,19)(H,16,17). The number of amides is 1. The fourth-order valence-corrected chi connectivity index (χ4v) is 2.37. The van der Waals surface area contributed by atoms with Crippen LogP contribution in [0.5, 0.6) is 0 Å². The van der Waals surface area contributed by atoms with Gasteiger partial charge in [0.1, 0.15) is 5.69 Å². The quantitative estimate of drug-likeness (QED) is 0.806. The van der Waals surface area contributed by atoms with Crippen molar-refractivity contribution in [1.82, 2.24) is 24.8 Å². The van der Waals surface area contributed by atoms with Gasteiger partial charge in [0, 0.05) is 31.7 Å². The van der Waals surface area contributed by atoms with Crippen LogP contribution < -0.4 is 5.32 Å². The number of H-pyrrole nitrogens is 1. The average Bonchev–Trinajstić information content (AvgIpc) is 2.89. The minimum absolute atomic E-state index is 0.0202. The third kappa shape index (κ3) is 2.03. The molecule has 100 valence electrons. The molecule has 1 aliphatic rings. The third-order valence-electron chi connectivity index (χ3n) is 3.41. The maximum Gasteiger partial charge on any atom is 0.271 e. The zero-order valence-electron chi connectivity index (χ0n) is 11.3. The summed E-state index contributed by atoms with van der Waals surface area (Å²) in [5.74, 6) is 1.27. The van der Waals surface area contributed by atoms with Crippen molar-refractivity contribution in [1.29, 1.82) is 0 Å². The van der Waals surface area contributed by atoms with E-state index in [1.807, 2.05) is 17.8 Å². The number of hydrogen-bond acceptors (Lipinski definition) is 3. The molecule has 0 radical (unpaired) electrons. The molecule has 2 aromatic heterocycles. The number of rotatable bonds is 1. The van der Waals surface area contributed by atoms with Crippen LogP contribution in [0.2, 0.25) is 0 Å². The van der Waals surface area contributed by atoms with E-state index in [0.29, 0.717) is 18.1 Å². The molecule has 1 amide bonds. The third-order valence-corrected chi connectivity index (χ3v) is 3.41. The second kappa shape index (κ2) is 3.94. The van der Waals surface area contributed by atoms with Crippen molar-refractivity contribution >= 4 is 5.91 Å². The van der Waals surface area contributed by atoms with Crippen molar-refractivity contribution in [2.75, 3.05) is 6.54 Å². The van der Waals surface area contributed by atoms with Crippen molar-refractivity contribution in [3.05, 3.63) is 23.8 Å². The van der Waals surface area contributed by atoms with Gasteiger partial charge < -0.3 is 14.9 Å². The minimum atomic E-state index is -0.114. The largest absolute Gasteiger partial charge is 0.350 e. The van der Waals surface area contributed by atoms with E-state index < -0.39 is 0 Å². The molecule has 0 atom stereocenters. The molecule has 3 rings (SSSR count). The Labute approximate surface area is 111 Å². The Morgan fingerprint density at radius 2 is 2.21 bits per heavy atom. The first-order chi connectivity index (χ1) is 8.96. The van der Waals surface area contributed by atoms with Crippen molar-refractivity contribution < 1.29 is 4.79 Å². The molecule has 0 aliphatic carbocycles. The molecule has 19 heavy (non-hydrogen) atoms. The molecule has 0 aromatic carbocycles. The van der Waals surface area contributed by atoms with Gasteiger partial charge in [-0.2, -0.15) is 0 Å². The van der Waals surface area contributed by atoms with Crippen molar-refractivity contribution in [3.8, 4) is 11.6 Å². The van der Waals surface area contributed by atoms with Gasteiger partial charge in [-0.25, -0.2) is 9.97 Å². The van der Waals surface area contributed by atoms with Gasteiger partial charge in [-0.3, -0.25) is 4.79 Å². The van der Waals surface area contributed by atoms with Gasteiger partial charge in [-0.05, 0) is 11.8 Å². The van der Waals surface area contributed by atoms with Crippen LogP contribution in [-0.2, 0) is 13.5 Å². The van der Waals surface area contributed by atoms with Gasteiger partial charge in [0.2, 0.25) is 0 Å². The Balaban J connectivity index is 2.08. The highest BCUT2D eigenvalue weighted by atomic mass is 16.1. The Bertz CT molecular complexity index is 637. The first-order valence-electron chi connectivity index (χ1n) is 6.31. The van der Waals surface area contributed by atoms with Crippen LogP contribution in [0.3, 0.4) is 0 Å². The summed E-state index contributed by atoms with van der Waals surface area (Å²) in [5.41, 5.74) is 1.40. The van der Waals surface area contributed by atoms with E-state index in [9.17, 15) is 4.79 Å². The second-order valence-corrected chi connectivity index (χ2v) is 5.80. The lowest BCUT2D eigenvalue weighted by Crippen LogP contribution is -2.32. The van der Waals surface area contributed by atoms with E-state index in [2.05, 4.69) is 34.1 Å². The highest BCUT2D eigenvalue weighted by Gasteiger charge is 2.30. The SMILES string of the molecule is Cn1ccnc1-c1nc2c([nH]1)CC(C)(C)CNC2=O.